The maximum atomic E-state index is 13.3. The van der Waals surface area contributed by atoms with Crippen molar-refractivity contribution < 1.29 is 9.31 Å². The Morgan fingerprint density at radius 2 is 1.85 bits per heavy atom. The summed E-state index contributed by atoms with van der Waals surface area (Å²) in [5, 5.41) is 13.7. The molecule has 0 saturated heterocycles. The van der Waals surface area contributed by atoms with Gasteiger partial charge in [0.1, 0.15) is 5.82 Å². The second kappa shape index (κ2) is 5.69. The topological polar surface area (TPSA) is 55.2 Å². The van der Waals surface area contributed by atoms with Gasteiger partial charge in [0, 0.05) is 18.3 Å². The first-order valence-electron chi connectivity index (χ1n) is 6.21. The summed E-state index contributed by atoms with van der Waals surface area (Å²) < 4.78 is 13.3. The average Bonchev–Trinajstić information content (AvgIpc) is 2.37. The van der Waals surface area contributed by atoms with E-state index in [1.807, 2.05) is 32.0 Å². The standard InChI is InChI=1S/C15H15FN2O2/c1-10-4-3-5-11(2)15(10)9-17-13-6-12(16)7-14(8-13)18(19)20/h3-8,17H,9H2,1-2H3. The fourth-order valence-electron chi connectivity index (χ4n) is 2.10. The van der Waals surface area contributed by atoms with Gasteiger partial charge >= 0.3 is 0 Å². The number of rotatable bonds is 4. The molecule has 0 atom stereocenters. The zero-order valence-corrected chi connectivity index (χ0v) is 11.3. The Balaban J connectivity index is 2.21. The van der Waals surface area contributed by atoms with Crippen LogP contribution < -0.4 is 5.32 Å². The van der Waals surface area contributed by atoms with Crippen molar-refractivity contribution in [1.82, 2.24) is 0 Å². The zero-order valence-electron chi connectivity index (χ0n) is 11.3. The first-order chi connectivity index (χ1) is 9.47. The van der Waals surface area contributed by atoms with Crippen LogP contribution in [0.2, 0.25) is 0 Å². The molecule has 0 spiro atoms. The molecular weight excluding hydrogens is 259 g/mol. The molecule has 0 heterocycles. The summed E-state index contributed by atoms with van der Waals surface area (Å²) in [6.07, 6.45) is 0. The highest BCUT2D eigenvalue weighted by Gasteiger charge is 2.10. The van der Waals surface area contributed by atoms with Crippen molar-refractivity contribution in [2.24, 2.45) is 0 Å². The summed E-state index contributed by atoms with van der Waals surface area (Å²) >= 11 is 0. The Hall–Kier alpha value is -2.43. The third-order valence-electron chi connectivity index (χ3n) is 3.21. The molecule has 0 aliphatic carbocycles. The Labute approximate surface area is 116 Å². The van der Waals surface area contributed by atoms with E-state index in [2.05, 4.69) is 5.32 Å². The number of halogens is 1. The van der Waals surface area contributed by atoms with Crippen molar-refractivity contribution in [1.29, 1.82) is 0 Å². The van der Waals surface area contributed by atoms with Crippen LogP contribution in [0.3, 0.4) is 0 Å². The summed E-state index contributed by atoms with van der Waals surface area (Å²) in [5.74, 6) is -0.622. The maximum Gasteiger partial charge on any atom is 0.274 e. The molecule has 0 aliphatic heterocycles. The van der Waals surface area contributed by atoms with Gasteiger partial charge < -0.3 is 5.32 Å². The predicted molar refractivity (Wildman–Crippen MR) is 76.3 cm³/mol. The molecule has 104 valence electrons. The van der Waals surface area contributed by atoms with Gasteiger partial charge in [0.15, 0.2) is 0 Å². The summed E-state index contributed by atoms with van der Waals surface area (Å²) in [6.45, 7) is 4.50. The van der Waals surface area contributed by atoms with Crippen LogP contribution in [0.4, 0.5) is 15.8 Å². The highest BCUT2D eigenvalue weighted by molar-refractivity contribution is 5.52. The lowest BCUT2D eigenvalue weighted by atomic mass is 10.0. The summed E-state index contributed by atoms with van der Waals surface area (Å²) in [6, 6.07) is 9.46. The van der Waals surface area contributed by atoms with Crippen LogP contribution in [-0.2, 0) is 6.54 Å². The number of non-ortho nitro benzene ring substituents is 1. The lowest BCUT2D eigenvalue weighted by Gasteiger charge is -2.12. The number of nitro groups is 1. The van der Waals surface area contributed by atoms with Crippen LogP contribution in [0.1, 0.15) is 16.7 Å². The van der Waals surface area contributed by atoms with Gasteiger partial charge in [-0.05, 0) is 36.6 Å². The van der Waals surface area contributed by atoms with Gasteiger partial charge in [-0.2, -0.15) is 0 Å². The molecule has 0 bridgehead atoms. The van der Waals surface area contributed by atoms with Gasteiger partial charge in [0.25, 0.3) is 5.69 Å². The number of anilines is 1. The summed E-state index contributed by atoms with van der Waals surface area (Å²) in [4.78, 5) is 10.1. The molecule has 20 heavy (non-hydrogen) atoms. The monoisotopic (exact) mass is 274 g/mol. The Bertz CT molecular complexity index is 636. The molecule has 1 N–H and O–H groups in total. The lowest BCUT2D eigenvalue weighted by Crippen LogP contribution is -2.04. The predicted octanol–water partition coefficient (Wildman–Crippen LogP) is 3.96. The Morgan fingerprint density at radius 3 is 2.45 bits per heavy atom. The molecule has 0 fully saturated rings. The van der Waals surface area contributed by atoms with E-state index in [0.29, 0.717) is 12.2 Å². The van der Waals surface area contributed by atoms with E-state index in [9.17, 15) is 14.5 Å². The molecule has 4 nitrogen and oxygen atoms in total. The van der Waals surface area contributed by atoms with Crippen LogP contribution in [0, 0.1) is 29.8 Å². The Morgan fingerprint density at radius 1 is 1.20 bits per heavy atom. The van der Waals surface area contributed by atoms with Crippen LogP contribution in [0.25, 0.3) is 0 Å². The largest absolute Gasteiger partial charge is 0.381 e. The minimum Gasteiger partial charge on any atom is -0.381 e. The van der Waals surface area contributed by atoms with Crippen LogP contribution >= 0.6 is 0 Å². The van der Waals surface area contributed by atoms with E-state index in [1.165, 1.54) is 12.1 Å². The highest BCUT2D eigenvalue weighted by atomic mass is 19.1. The van der Waals surface area contributed by atoms with E-state index >= 15 is 0 Å². The number of nitrogens with one attached hydrogen (secondary N) is 1. The minimum absolute atomic E-state index is 0.256. The molecule has 0 aliphatic rings. The van der Waals surface area contributed by atoms with Crippen molar-refractivity contribution in [3.8, 4) is 0 Å². The molecule has 2 aromatic carbocycles. The number of hydrogen-bond acceptors (Lipinski definition) is 3. The van der Waals surface area contributed by atoms with E-state index in [1.54, 1.807) is 0 Å². The van der Waals surface area contributed by atoms with E-state index in [0.717, 1.165) is 22.8 Å². The number of hydrogen-bond donors (Lipinski definition) is 1. The van der Waals surface area contributed by atoms with Gasteiger partial charge in [-0.15, -0.1) is 0 Å². The molecule has 0 amide bonds. The fourth-order valence-corrected chi connectivity index (χ4v) is 2.10. The Kier molecular flexibility index (Phi) is 3.98. The zero-order chi connectivity index (χ0) is 14.7. The van der Waals surface area contributed by atoms with Crippen LogP contribution in [0.15, 0.2) is 36.4 Å². The van der Waals surface area contributed by atoms with Crippen molar-refractivity contribution in [3.63, 3.8) is 0 Å². The third-order valence-corrected chi connectivity index (χ3v) is 3.21. The lowest BCUT2D eigenvalue weighted by molar-refractivity contribution is -0.385. The molecular formula is C15H15FN2O2. The molecule has 2 aromatic rings. The molecule has 0 radical (unpaired) electrons. The SMILES string of the molecule is Cc1cccc(C)c1CNc1cc(F)cc([N+](=O)[O-])c1. The van der Waals surface area contributed by atoms with Gasteiger partial charge in [0.05, 0.1) is 11.0 Å². The number of nitrogens with zero attached hydrogens (tertiary/aromatic N) is 1. The second-order valence-corrected chi connectivity index (χ2v) is 4.68. The summed E-state index contributed by atoms with van der Waals surface area (Å²) in [7, 11) is 0. The summed E-state index contributed by atoms with van der Waals surface area (Å²) in [5.41, 5.74) is 3.51. The molecule has 5 heteroatoms. The van der Waals surface area contributed by atoms with Gasteiger partial charge in [0.2, 0.25) is 0 Å². The molecule has 0 saturated carbocycles. The van der Waals surface area contributed by atoms with E-state index in [-0.39, 0.29) is 5.69 Å². The first-order valence-corrected chi connectivity index (χ1v) is 6.21. The molecule has 0 unspecified atom stereocenters. The highest BCUT2D eigenvalue weighted by Crippen LogP contribution is 2.21. The maximum absolute atomic E-state index is 13.3. The second-order valence-electron chi connectivity index (χ2n) is 4.68. The molecule has 2 rings (SSSR count). The van der Waals surface area contributed by atoms with Crippen molar-refractivity contribution in [3.05, 3.63) is 69.0 Å². The van der Waals surface area contributed by atoms with Crippen molar-refractivity contribution >= 4 is 11.4 Å². The van der Waals surface area contributed by atoms with E-state index < -0.39 is 10.7 Å². The van der Waals surface area contributed by atoms with Crippen molar-refractivity contribution in [2.75, 3.05) is 5.32 Å². The van der Waals surface area contributed by atoms with Crippen LogP contribution in [-0.4, -0.2) is 4.92 Å². The average molecular weight is 274 g/mol. The number of benzene rings is 2. The number of aryl methyl sites for hydroxylation is 2. The number of nitro benzene ring substituents is 1. The van der Waals surface area contributed by atoms with Gasteiger partial charge in [-0.3, -0.25) is 10.1 Å². The van der Waals surface area contributed by atoms with Gasteiger partial charge in [-0.25, -0.2) is 4.39 Å². The molecule has 0 aromatic heterocycles. The van der Waals surface area contributed by atoms with Crippen molar-refractivity contribution in [2.45, 2.75) is 20.4 Å². The normalized spacial score (nSPS) is 10.3. The first kappa shape index (κ1) is 14.0. The van der Waals surface area contributed by atoms with E-state index in [4.69, 9.17) is 0 Å². The smallest absolute Gasteiger partial charge is 0.274 e. The fraction of sp³-hybridized carbons (Fsp3) is 0.200. The quantitative estimate of drug-likeness (QED) is 0.678. The van der Waals surface area contributed by atoms with Gasteiger partial charge in [-0.1, -0.05) is 18.2 Å². The van der Waals surface area contributed by atoms with Crippen LogP contribution in [0.5, 0.6) is 0 Å². The third kappa shape index (κ3) is 3.12. The minimum atomic E-state index is -0.622.